The first kappa shape index (κ1) is 30.2. The molecule has 1 saturated carbocycles. The van der Waals surface area contributed by atoms with Gasteiger partial charge in [-0.25, -0.2) is 9.59 Å². The predicted molar refractivity (Wildman–Crippen MR) is 159 cm³/mol. The monoisotopic (exact) mass is 565 g/mol. The number of benzene rings is 2. The summed E-state index contributed by atoms with van der Waals surface area (Å²) < 4.78 is 6.50. The molecule has 222 valence electrons. The van der Waals surface area contributed by atoms with Crippen molar-refractivity contribution in [1.82, 2.24) is 15.1 Å². The SMILES string of the molecule is C[C@@H]1CN([C@@H](C)CO)C(=O)Cc2cc(NC(=O)NC3CCCCC3)ccc2O[C@@H]1CN(C)C(=O)Nc1ccccc1. The zero-order valence-corrected chi connectivity index (χ0v) is 24.3. The van der Waals surface area contributed by atoms with Crippen LogP contribution in [0.3, 0.4) is 0 Å². The lowest BCUT2D eigenvalue weighted by atomic mass is 9.96. The van der Waals surface area contributed by atoms with E-state index in [0.717, 1.165) is 25.7 Å². The molecule has 1 aliphatic heterocycles. The number of aliphatic hydroxyl groups is 1. The summed E-state index contributed by atoms with van der Waals surface area (Å²) >= 11 is 0. The lowest BCUT2D eigenvalue weighted by molar-refractivity contribution is -0.134. The van der Waals surface area contributed by atoms with Gasteiger partial charge in [0.1, 0.15) is 11.9 Å². The van der Waals surface area contributed by atoms with Gasteiger partial charge in [-0.05, 0) is 50.1 Å². The third kappa shape index (κ3) is 8.36. The van der Waals surface area contributed by atoms with Crippen LogP contribution < -0.4 is 20.7 Å². The van der Waals surface area contributed by atoms with Gasteiger partial charge in [-0.15, -0.1) is 0 Å². The fourth-order valence-electron chi connectivity index (χ4n) is 5.42. The second-order valence-electron chi connectivity index (χ2n) is 11.3. The Bertz CT molecular complexity index is 1190. The number of aliphatic hydroxyl groups excluding tert-OH is 1. The van der Waals surface area contributed by atoms with Crippen molar-refractivity contribution in [3.63, 3.8) is 0 Å². The topological polar surface area (TPSA) is 123 Å². The van der Waals surface area contributed by atoms with Gasteiger partial charge in [0, 0.05) is 42.5 Å². The van der Waals surface area contributed by atoms with Crippen molar-refractivity contribution in [2.75, 3.05) is 37.4 Å². The standard InChI is InChI=1S/C31H43N5O5/c1-21-18-36(22(2)20-37)29(38)17-23-16-26(33-30(39)32-24-10-6-4-7-11-24)14-15-27(23)41-28(21)19-35(3)31(40)34-25-12-8-5-9-13-25/h5,8-9,12-16,21-22,24,28,37H,4,6-7,10-11,17-20H2,1-3H3,(H,34,40)(H2,32,33,39)/t21-,22+,28-/m1/s1. The van der Waals surface area contributed by atoms with Gasteiger partial charge in [0.15, 0.2) is 0 Å². The van der Waals surface area contributed by atoms with E-state index in [1.165, 1.54) is 6.42 Å². The first-order chi connectivity index (χ1) is 19.7. The van der Waals surface area contributed by atoms with Crippen LogP contribution in [0.5, 0.6) is 5.75 Å². The number of rotatable bonds is 7. The highest BCUT2D eigenvalue weighted by molar-refractivity contribution is 5.90. The Morgan fingerprint density at radius 2 is 1.80 bits per heavy atom. The van der Waals surface area contributed by atoms with E-state index in [1.54, 1.807) is 35.0 Å². The Balaban J connectivity index is 1.53. The Labute approximate surface area is 242 Å². The van der Waals surface area contributed by atoms with Crippen molar-refractivity contribution in [1.29, 1.82) is 0 Å². The van der Waals surface area contributed by atoms with Crippen LogP contribution in [0.4, 0.5) is 21.0 Å². The molecule has 1 heterocycles. The lowest BCUT2D eigenvalue weighted by Gasteiger charge is -2.34. The van der Waals surface area contributed by atoms with E-state index in [4.69, 9.17) is 4.74 Å². The number of amides is 5. The second kappa shape index (κ2) is 14.2. The maximum Gasteiger partial charge on any atom is 0.321 e. The maximum absolute atomic E-state index is 13.5. The molecule has 0 saturated heterocycles. The van der Waals surface area contributed by atoms with Crippen molar-refractivity contribution < 1.29 is 24.2 Å². The summed E-state index contributed by atoms with van der Waals surface area (Å²) in [6.07, 6.45) is 5.03. The molecular weight excluding hydrogens is 522 g/mol. The van der Waals surface area contributed by atoms with E-state index in [2.05, 4.69) is 16.0 Å². The van der Waals surface area contributed by atoms with Crippen LogP contribution in [0.25, 0.3) is 0 Å². The van der Waals surface area contributed by atoms with Crippen molar-refractivity contribution in [3.8, 4) is 5.75 Å². The molecule has 5 amide bonds. The smallest absolute Gasteiger partial charge is 0.321 e. The minimum atomic E-state index is -0.437. The van der Waals surface area contributed by atoms with Crippen molar-refractivity contribution in [2.45, 2.75) is 70.6 Å². The highest BCUT2D eigenvalue weighted by Gasteiger charge is 2.32. The molecule has 2 aromatic rings. The minimum absolute atomic E-state index is 0.0587. The van der Waals surface area contributed by atoms with Crippen molar-refractivity contribution in [3.05, 3.63) is 54.1 Å². The molecular formula is C31H43N5O5. The van der Waals surface area contributed by atoms with Gasteiger partial charge < -0.3 is 35.6 Å². The number of likely N-dealkylation sites (N-methyl/N-ethyl adjacent to an activating group) is 1. The van der Waals surface area contributed by atoms with Crippen LogP contribution in [0.15, 0.2) is 48.5 Å². The largest absolute Gasteiger partial charge is 0.488 e. The molecule has 4 N–H and O–H groups in total. The van der Waals surface area contributed by atoms with Gasteiger partial charge in [0.25, 0.3) is 0 Å². The molecule has 0 bridgehead atoms. The van der Waals surface area contributed by atoms with Crippen molar-refractivity contribution >= 4 is 29.3 Å². The van der Waals surface area contributed by atoms with Gasteiger partial charge in [0.05, 0.1) is 25.6 Å². The van der Waals surface area contributed by atoms with E-state index < -0.39 is 6.10 Å². The molecule has 2 aromatic carbocycles. The molecule has 0 unspecified atom stereocenters. The van der Waals surface area contributed by atoms with E-state index in [-0.39, 0.29) is 55.5 Å². The highest BCUT2D eigenvalue weighted by atomic mass is 16.5. The Hall–Kier alpha value is -3.79. The number of hydrogen-bond acceptors (Lipinski definition) is 5. The molecule has 10 nitrogen and oxygen atoms in total. The number of urea groups is 2. The number of carbonyl (C=O) groups excluding carboxylic acids is 3. The van der Waals surface area contributed by atoms with Gasteiger partial charge in [-0.2, -0.15) is 0 Å². The third-order valence-corrected chi connectivity index (χ3v) is 7.94. The molecule has 1 fully saturated rings. The number of fused-ring (bicyclic) bond motifs is 1. The van der Waals surface area contributed by atoms with Crippen molar-refractivity contribution in [2.24, 2.45) is 5.92 Å². The van der Waals surface area contributed by atoms with Gasteiger partial charge in [0.2, 0.25) is 5.91 Å². The van der Waals surface area contributed by atoms with Crippen LogP contribution in [-0.2, 0) is 11.2 Å². The fraction of sp³-hybridized carbons (Fsp3) is 0.516. The zero-order valence-electron chi connectivity index (χ0n) is 24.3. The highest BCUT2D eigenvalue weighted by Crippen LogP contribution is 2.29. The molecule has 4 rings (SSSR count). The van der Waals surface area contributed by atoms with E-state index in [9.17, 15) is 19.5 Å². The number of anilines is 2. The van der Waals surface area contributed by atoms with Crippen LogP contribution in [0.1, 0.15) is 51.5 Å². The predicted octanol–water partition coefficient (Wildman–Crippen LogP) is 4.45. The fourth-order valence-corrected chi connectivity index (χ4v) is 5.42. The number of para-hydroxylation sites is 1. The first-order valence-corrected chi connectivity index (χ1v) is 14.6. The Kier molecular flexibility index (Phi) is 10.5. The molecule has 2 aliphatic rings. The molecule has 1 aliphatic carbocycles. The molecule has 0 radical (unpaired) electrons. The molecule has 3 atom stereocenters. The Morgan fingerprint density at radius 3 is 2.51 bits per heavy atom. The number of nitrogens with one attached hydrogen (secondary N) is 3. The quantitative estimate of drug-likeness (QED) is 0.395. The average molecular weight is 566 g/mol. The average Bonchev–Trinajstić information content (AvgIpc) is 3.01. The summed E-state index contributed by atoms with van der Waals surface area (Å²) in [7, 11) is 1.71. The van der Waals surface area contributed by atoms with E-state index >= 15 is 0 Å². The molecule has 0 aromatic heterocycles. The summed E-state index contributed by atoms with van der Waals surface area (Å²) in [6.45, 7) is 4.26. The van der Waals surface area contributed by atoms with Crippen LogP contribution in [0, 0.1) is 5.92 Å². The van der Waals surface area contributed by atoms with Gasteiger partial charge in [-0.3, -0.25) is 4.79 Å². The number of ether oxygens (including phenoxy) is 1. The lowest BCUT2D eigenvalue weighted by Crippen LogP contribution is -2.48. The minimum Gasteiger partial charge on any atom is -0.488 e. The zero-order chi connectivity index (χ0) is 29.4. The number of hydrogen-bond donors (Lipinski definition) is 4. The van der Waals surface area contributed by atoms with E-state index in [1.807, 2.05) is 44.2 Å². The summed E-state index contributed by atoms with van der Waals surface area (Å²) in [4.78, 5) is 42.3. The van der Waals surface area contributed by atoms with Crippen LogP contribution >= 0.6 is 0 Å². The number of nitrogens with zero attached hydrogens (tertiary/aromatic N) is 2. The second-order valence-corrected chi connectivity index (χ2v) is 11.3. The maximum atomic E-state index is 13.5. The third-order valence-electron chi connectivity index (χ3n) is 7.94. The molecule has 41 heavy (non-hydrogen) atoms. The van der Waals surface area contributed by atoms with Crippen LogP contribution in [0.2, 0.25) is 0 Å². The van der Waals surface area contributed by atoms with Gasteiger partial charge in [-0.1, -0.05) is 44.4 Å². The summed E-state index contributed by atoms with van der Waals surface area (Å²) in [6, 6.07) is 13.8. The molecule has 0 spiro atoms. The van der Waals surface area contributed by atoms with E-state index in [0.29, 0.717) is 29.2 Å². The summed E-state index contributed by atoms with van der Waals surface area (Å²) in [5.74, 6) is 0.247. The van der Waals surface area contributed by atoms with Gasteiger partial charge >= 0.3 is 12.1 Å². The van der Waals surface area contributed by atoms with Crippen LogP contribution in [-0.4, -0.2) is 77.8 Å². The Morgan fingerprint density at radius 1 is 1.07 bits per heavy atom. The number of carbonyl (C=O) groups is 3. The normalized spacial score (nSPS) is 20.4. The summed E-state index contributed by atoms with van der Waals surface area (Å²) in [5.41, 5.74) is 1.90. The first-order valence-electron chi connectivity index (χ1n) is 14.6. The molecule has 10 heteroatoms. The summed E-state index contributed by atoms with van der Waals surface area (Å²) in [5, 5.41) is 18.7.